The van der Waals surface area contributed by atoms with Crippen LogP contribution >= 0.6 is 0 Å². The van der Waals surface area contributed by atoms with E-state index in [0.717, 1.165) is 11.9 Å². The minimum absolute atomic E-state index is 0.0391. The van der Waals surface area contributed by atoms with Crippen LogP contribution in [0.15, 0.2) is 36.5 Å². The first kappa shape index (κ1) is 25.2. The molecule has 0 spiro atoms. The van der Waals surface area contributed by atoms with Gasteiger partial charge in [0, 0.05) is 45.0 Å². The van der Waals surface area contributed by atoms with Crippen LogP contribution in [0, 0.1) is 10.1 Å². The maximum atomic E-state index is 12.7. The Labute approximate surface area is 197 Å². The number of hydrogen-bond donors (Lipinski definition) is 1. The van der Waals surface area contributed by atoms with Crippen molar-refractivity contribution < 1.29 is 27.6 Å². The van der Waals surface area contributed by atoms with Gasteiger partial charge in [-0.2, -0.15) is 4.31 Å². The topological polar surface area (TPSA) is 144 Å². The van der Waals surface area contributed by atoms with Gasteiger partial charge < -0.3 is 19.7 Å². The summed E-state index contributed by atoms with van der Waals surface area (Å²) >= 11 is 0. The van der Waals surface area contributed by atoms with E-state index in [9.17, 15) is 23.3 Å². The van der Waals surface area contributed by atoms with E-state index >= 15 is 0 Å². The van der Waals surface area contributed by atoms with Crippen molar-refractivity contribution in [1.29, 1.82) is 0 Å². The molecule has 0 saturated carbocycles. The zero-order valence-electron chi connectivity index (χ0n) is 19.0. The van der Waals surface area contributed by atoms with Crippen molar-refractivity contribution in [2.75, 3.05) is 57.6 Å². The standard InChI is InChI=1S/C21H27N5O7S/c1-32-18-14-16(17(26(28)29)15-19(18)33-2)21(27)23-8-5-13-34(30,31)25-11-9-24(10-12-25)20-6-3-4-7-22-20/h3-4,6-7,14-15H,5,8-13H2,1-2H3,(H,23,27). The fraction of sp³-hybridized carbons (Fsp3) is 0.429. The second-order valence-electron chi connectivity index (χ2n) is 7.48. The average Bonchev–Trinajstić information content (AvgIpc) is 2.86. The first-order valence-corrected chi connectivity index (χ1v) is 12.2. The molecular weight excluding hydrogens is 466 g/mol. The second-order valence-corrected chi connectivity index (χ2v) is 9.57. The summed E-state index contributed by atoms with van der Waals surface area (Å²) in [7, 11) is -0.816. The molecule has 1 aromatic heterocycles. The predicted molar refractivity (Wildman–Crippen MR) is 125 cm³/mol. The molecule has 1 N–H and O–H groups in total. The molecule has 1 saturated heterocycles. The van der Waals surface area contributed by atoms with E-state index in [4.69, 9.17) is 9.47 Å². The molecule has 1 aliphatic heterocycles. The molecular formula is C21H27N5O7S. The number of anilines is 1. The highest BCUT2D eigenvalue weighted by atomic mass is 32.2. The van der Waals surface area contributed by atoms with Crippen molar-refractivity contribution in [3.63, 3.8) is 0 Å². The van der Waals surface area contributed by atoms with Crippen molar-refractivity contribution in [1.82, 2.24) is 14.6 Å². The third kappa shape index (κ3) is 5.91. The molecule has 1 aliphatic rings. The van der Waals surface area contributed by atoms with Crippen LogP contribution in [0.1, 0.15) is 16.8 Å². The van der Waals surface area contributed by atoms with Crippen molar-refractivity contribution in [3.05, 3.63) is 52.2 Å². The van der Waals surface area contributed by atoms with Gasteiger partial charge in [-0.05, 0) is 18.6 Å². The number of rotatable bonds is 10. The SMILES string of the molecule is COc1cc(C(=O)NCCCS(=O)(=O)N2CCN(c3ccccn3)CC2)c([N+](=O)[O-])cc1OC. The summed E-state index contributed by atoms with van der Waals surface area (Å²) in [5, 5.41) is 13.9. The number of nitro groups is 1. The molecule has 1 amide bonds. The number of methoxy groups -OCH3 is 2. The number of pyridine rings is 1. The van der Waals surface area contributed by atoms with Crippen molar-refractivity contribution >= 4 is 27.4 Å². The minimum Gasteiger partial charge on any atom is -0.493 e. The molecule has 0 bridgehead atoms. The van der Waals surface area contributed by atoms with E-state index < -0.39 is 26.5 Å². The van der Waals surface area contributed by atoms with Gasteiger partial charge in [-0.1, -0.05) is 6.07 Å². The summed E-state index contributed by atoms with van der Waals surface area (Å²) in [5.41, 5.74) is -0.635. The maximum Gasteiger partial charge on any atom is 0.286 e. The van der Waals surface area contributed by atoms with E-state index in [0.29, 0.717) is 26.2 Å². The molecule has 1 aromatic carbocycles. The molecule has 12 nitrogen and oxygen atoms in total. The molecule has 3 rings (SSSR count). The van der Waals surface area contributed by atoms with Gasteiger partial charge in [-0.25, -0.2) is 13.4 Å². The van der Waals surface area contributed by atoms with Gasteiger partial charge in [0.25, 0.3) is 11.6 Å². The Balaban J connectivity index is 1.53. The molecule has 2 heterocycles. The number of amides is 1. The zero-order chi connectivity index (χ0) is 24.7. The first-order chi connectivity index (χ1) is 16.3. The van der Waals surface area contributed by atoms with Crippen LogP contribution in [-0.2, 0) is 10.0 Å². The van der Waals surface area contributed by atoms with E-state index in [1.165, 1.54) is 24.6 Å². The van der Waals surface area contributed by atoms with Crippen LogP contribution in [0.25, 0.3) is 0 Å². The summed E-state index contributed by atoms with van der Waals surface area (Å²) in [6.07, 6.45) is 1.86. The monoisotopic (exact) mass is 493 g/mol. The molecule has 2 aromatic rings. The quantitative estimate of drug-likeness (QED) is 0.294. The average molecular weight is 494 g/mol. The lowest BCUT2D eigenvalue weighted by molar-refractivity contribution is -0.385. The molecule has 1 fully saturated rings. The number of nitrogens with zero attached hydrogens (tertiary/aromatic N) is 4. The van der Waals surface area contributed by atoms with E-state index in [1.807, 2.05) is 23.1 Å². The third-order valence-electron chi connectivity index (χ3n) is 5.41. The first-order valence-electron chi connectivity index (χ1n) is 10.6. The Hall–Kier alpha value is -3.45. The highest BCUT2D eigenvalue weighted by molar-refractivity contribution is 7.89. The zero-order valence-corrected chi connectivity index (χ0v) is 19.8. The second kappa shape index (κ2) is 11.1. The van der Waals surface area contributed by atoms with Crippen molar-refractivity contribution in [3.8, 4) is 11.5 Å². The predicted octanol–water partition coefficient (Wildman–Crippen LogP) is 1.28. The Kier molecular flexibility index (Phi) is 8.23. The van der Waals surface area contributed by atoms with Gasteiger partial charge >= 0.3 is 0 Å². The molecule has 0 radical (unpaired) electrons. The molecule has 184 valence electrons. The lowest BCUT2D eigenvalue weighted by Gasteiger charge is -2.34. The number of carbonyl (C=O) groups is 1. The van der Waals surface area contributed by atoms with Crippen molar-refractivity contribution in [2.24, 2.45) is 0 Å². The van der Waals surface area contributed by atoms with Crippen LogP contribution in [0.3, 0.4) is 0 Å². The summed E-state index contributed by atoms with van der Waals surface area (Å²) < 4.78 is 37.0. The van der Waals surface area contributed by atoms with E-state index in [-0.39, 0.29) is 35.8 Å². The number of carbonyl (C=O) groups excluding carboxylic acids is 1. The van der Waals surface area contributed by atoms with Crippen LogP contribution in [0.2, 0.25) is 0 Å². The van der Waals surface area contributed by atoms with Crippen LogP contribution in [0.4, 0.5) is 11.5 Å². The van der Waals surface area contributed by atoms with E-state index in [1.54, 1.807) is 6.20 Å². The number of aromatic nitrogens is 1. The highest BCUT2D eigenvalue weighted by Crippen LogP contribution is 2.34. The fourth-order valence-electron chi connectivity index (χ4n) is 3.62. The lowest BCUT2D eigenvalue weighted by atomic mass is 10.1. The fourth-order valence-corrected chi connectivity index (χ4v) is 5.11. The van der Waals surface area contributed by atoms with Gasteiger partial charge in [0.05, 0.1) is 31.0 Å². The number of nitro benzene ring substituents is 1. The number of ether oxygens (including phenoxy) is 2. The Morgan fingerprint density at radius 3 is 2.41 bits per heavy atom. The van der Waals surface area contributed by atoms with Crippen LogP contribution < -0.4 is 19.7 Å². The van der Waals surface area contributed by atoms with Crippen LogP contribution in [0.5, 0.6) is 11.5 Å². The van der Waals surface area contributed by atoms with Gasteiger partial charge in [0.1, 0.15) is 11.4 Å². The molecule has 13 heteroatoms. The van der Waals surface area contributed by atoms with Gasteiger partial charge in [-0.3, -0.25) is 14.9 Å². The van der Waals surface area contributed by atoms with Gasteiger partial charge in [-0.15, -0.1) is 0 Å². The number of hydrogen-bond acceptors (Lipinski definition) is 9. The van der Waals surface area contributed by atoms with Crippen molar-refractivity contribution in [2.45, 2.75) is 6.42 Å². The highest BCUT2D eigenvalue weighted by Gasteiger charge is 2.28. The number of benzene rings is 1. The number of sulfonamides is 1. The summed E-state index contributed by atoms with van der Waals surface area (Å²) in [6, 6.07) is 7.94. The Bertz CT molecular complexity index is 1120. The Morgan fingerprint density at radius 2 is 1.82 bits per heavy atom. The molecule has 0 atom stereocenters. The smallest absolute Gasteiger partial charge is 0.286 e. The summed E-state index contributed by atoms with van der Waals surface area (Å²) in [6.45, 7) is 1.82. The van der Waals surface area contributed by atoms with Gasteiger partial charge in [0.15, 0.2) is 11.5 Å². The van der Waals surface area contributed by atoms with E-state index in [2.05, 4.69) is 10.3 Å². The third-order valence-corrected chi connectivity index (χ3v) is 7.37. The maximum absolute atomic E-state index is 12.7. The molecule has 0 aliphatic carbocycles. The number of piperazine rings is 1. The number of nitrogens with one attached hydrogen (secondary N) is 1. The van der Waals surface area contributed by atoms with Crippen LogP contribution in [-0.4, -0.2) is 81.2 Å². The Morgan fingerprint density at radius 1 is 1.15 bits per heavy atom. The summed E-state index contributed by atoms with van der Waals surface area (Å²) in [5.74, 6) is 0.261. The molecule has 34 heavy (non-hydrogen) atoms. The minimum atomic E-state index is -3.50. The van der Waals surface area contributed by atoms with Gasteiger partial charge in [0.2, 0.25) is 10.0 Å². The summed E-state index contributed by atoms with van der Waals surface area (Å²) in [4.78, 5) is 29.6. The lowest BCUT2D eigenvalue weighted by Crippen LogP contribution is -2.49. The normalized spacial score (nSPS) is 14.5. The molecule has 0 unspecified atom stereocenters. The largest absolute Gasteiger partial charge is 0.493 e.